The molecule has 1 aromatic carbocycles. The van der Waals surface area contributed by atoms with E-state index in [0.29, 0.717) is 19.1 Å². The molecule has 0 saturated heterocycles. The molecule has 1 amide bonds. The lowest BCUT2D eigenvalue weighted by Crippen LogP contribution is -2.42. The number of ether oxygens (including phenoxy) is 1. The van der Waals surface area contributed by atoms with Crippen LogP contribution in [-0.2, 0) is 4.74 Å². The zero-order chi connectivity index (χ0) is 15.6. The van der Waals surface area contributed by atoms with Gasteiger partial charge in [0.05, 0.1) is 12.2 Å². The number of nitrogens with zero attached hydrogens (tertiary/aromatic N) is 1. The van der Waals surface area contributed by atoms with Gasteiger partial charge in [0.15, 0.2) is 11.6 Å². The van der Waals surface area contributed by atoms with Gasteiger partial charge >= 0.3 is 0 Å². The highest BCUT2D eigenvalue weighted by Gasteiger charge is 2.35. The molecule has 1 fully saturated rings. The number of nitrogens with two attached hydrogens (primary N) is 1. The monoisotopic (exact) mass is 298 g/mol. The number of rotatable bonds is 6. The van der Waals surface area contributed by atoms with Gasteiger partial charge in [-0.1, -0.05) is 0 Å². The Bertz CT molecular complexity index is 533. The fourth-order valence-corrected chi connectivity index (χ4v) is 2.42. The summed E-state index contributed by atoms with van der Waals surface area (Å²) in [4.78, 5) is 14.2. The molecule has 0 bridgehead atoms. The Labute approximate surface area is 122 Å². The van der Waals surface area contributed by atoms with Crippen LogP contribution in [0, 0.1) is 17.6 Å². The third-order valence-electron chi connectivity index (χ3n) is 3.92. The molecule has 1 aliphatic carbocycles. The molecular formula is C15H20F2N2O2. The van der Waals surface area contributed by atoms with Gasteiger partial charge in [0.1, 0.15) is 0 Å². The van der Waals surface area contributed by atoms with Crippen molar-refractivity contribution in [2.45, 2.75) is 25.8 Å². The van der Waals surface area contributed by atoms with Crippen molar-refractivity contribution < 1.29 is 18.3 Å². The first kappa shape index (κ1) is 15.7. The Balaban J connectivity index is 2.26. The van der Waals surface area contributed by atoms with Crippen LogP contribution in [0.1, 0.15) is 30.1 Å². The van der Waals surface area contributed by atoms with Gasteiger partial charge in [-0.2, -0.15) is 0 Å². The van der Waals surface area contributed by atoms with Crippen molar-refractivity contribution in [2.75, 3.05) is 26.0 Å². The number of carbonyl (C=O) groups excluding carboxylic acids is 1. The van der Waals surface area contributed by atoms with Crippen LogP contribution >= 0.6 is 0 Å². The topological polar surface area (TPSA) is 55.6 Å². The maximum atomic E-state index is 13.4. The molecule has 4 nitrogen and oxygen atoms in total. The first-order chi connectivity index (χ1) is 9.95. The number of halogens is 2. The molecule has 0 heterocycles. The zero-order valence-electron chi connectivity index (χ0n) is 12.2. The summed E-state index contributed by atoms with van der Waals surface area (Å²) in [6, 6.07) is 1.74. The van der Waals surface area contributed by atoms with Crippen LogP contribution in [0.15, 0.2) is 12.1 Å². The number of methoxy groups -OCH3 is 1. The van der Waals surface area contributed by atoms with Gasteiger partial charge in [-0.3, -0.25) is 4.79 Å². The van der Waals surface area contributed by atoms with Crippen LogP contribution in [0.3, 0.4) is 0 Å². The van der Waals surface area contributed by atoms with Crippen molar-refractivity contribution in [3.05, 3.63) is 29.3 Å². The average Bonchev–Trinajstić information content (AvgIpc) is 3.27. The van der Waals surface area contributed by atoms with Crippen LogP contribution < -0.4 is 5.73 Å². The van der Waals surface area contributed by atoms with Crippen LogP contribution in [-0.4, -0.2) is 37.1 Å². The molecule has 1 saturated carbocycles. The molecule has 0 radical (unpaired) electrons. The third-order valence-corrected chi connectivity index (χ3v) is 3.92. The van der Waals surface area contributed by atoms with Crippen molar-refractivity contribution in [1.82, 2.24) is 4.90 Å². The van der Waals surface area contributed by atoms with Gasteiger partial charge < -0.3 is 15.4 Å². The molecule has 0 aromatic heterocycles. The van der Waals surface area contributed by atoms with E-state index in [0.717, 1.165) is 25.0 Å². The number of carbonyl (C=O) groups is 1. The minimum atomic E-state index is -1.07. The largest absolute Gasteiger partial charge is 0.398 e. The maximum absolute atomic E-state index is 13.4. The summed E-state index contributed by atoms with van der Waals surface area (Å²) in [5.74, 6) is -2.05. The van der Waals surface area contributed by atoms with Crippen LogP contribution in [0.2, 0.25) is 0 Å². The predicted molar refractivity (Wildman–Crippen MR) is 75.9 cm³/mol. The molecule has 2 rings (SSSR count). The van der Waals surface area contributed by atoms with E-state index < -0.39 is 11.6 Å². The smallest absolute Gasteiger partial charge is 0.256 e. The summed E-state index contributed by atoms with van der Waals surface area (Å²) in [6.45, 7) is 2.74. The second kappa shape index (κ2) is 6.39. The fourth-order valence-electron chi connectivity index (χ4n) is 2.42. The second-order valence-electron chi connectivity index (χ2n) is 5.42. The first-order valence-electron chi connectivity index (χ1n) is 7.00. The highest BCUT2D eigenvalue weighted by atomic mass is 19.2. The maximum Gasteiger partial charge on any atom is 0.256 e. The molecule has 1 unspecified atom stereocenters. The number of hydrogen-bond donors (Lipinski definition) is 1. The summed E-state index contributed by atoms with van der Waals surface area (Å²) < 4.78 is 31.5. The van der Waals surface area contributed by atoms with Crippen molar-refractivity contribution in [1.29, 1.82) is 0 Å². The minimum absolute atomic E-state index is 0.00231. The summed E-state index contributed by atoms with van der Waals surface area (Å²) in [6.07, 6.45) is 2.15. The van der Waals surface area contributed by atoms with Crippen LogP contribution in [0.4, 0.5) is 14.5 Å². The van der Waals surface area contributed by atoms with Crippen molar-refractivity contribution in [2.24, 2.45) is 5.92 Å². The Hall–Kier alpha value is -1.69. The molecule has 6 heteroatoms. The summed E-state index contributed by atoms with van der Waals surface area (Å²) in [7, 11) is 1.55. The molecule has 2 N–H and O–H groups in total. The molecule has 1 atom stereocenters. The van der Waals surface area contributed by atoms with Gasteiger partial charge in [-0.05, 0) is 31.7 Å². The van der Waals surface area contributed by atoms with Gasteiger partial charge in [0, 0.05) is 31.5 Å². The number of nitrogen functional groups attached to an aromatic ring is 1. The molecule has 0 spiro atoms. The minimum Gasteiger partial charge on any atom is -0.398 e. The Morgan fingerprint density at radius 1 is 1.43 bits per heavy atom. The normalized spacial score (nSPS) is 15.8. The molecular weight excluding hydrogens is 278 g/mol. The van der Waals surface area contributed by atoms with E-state index in [1.807, 2.05) is 6.92 Å². The average molecular weight is 298 g/mol. The zero-order valence-corrected chi connectivity index (χ0v) is 12.2. The molecule has 1 aliphatic rings. The Kier molecular flexibility index (Phi) is 4.77. The quantitative estimate of drug-likeness (QED) is 0.821. The number of hydrogen-bond acceptors (Lipinski definition) is 3. The molecule has 21 heavy (non-hydrogen) atoms. The number of anilines is 1. The lowest BCUT2D eigenvalue weighted by molar-refractivity contribution is 0.0595. The summed E-state index contributed by atoms with van der Waals surface area (Å²) in [5, 5.41) is 0. The standard InChI is InChI=1S/C15H20F2N2O2/c1-9(10-3-4-10)19(5-6-21-2)15(20)11-7-12(16)13(17)8-14(11)18/h7-10H,3-6,18H2,1-2H3. The van der Waals surface area contributed by atoms with E-state index in [9.17, 15) is 13.6 Å². The second-order valence-corrected chi connectivity index (χ2v) is 5.42. The van der Waals surface area contributed by atoms with Crippen molar-refractivity contribution in [3.8, 4) is 0 Å². The number of benzene rings is 1. The predicted octanol–water partition coefficient (Wildman–Crippen LogP) is 2.43. The van der Waals surface area contributed by atoms with E-state index in [2.05, 4.69) is 0 Å². The van der Waals surface area contributed by atoms with E-state index in [1.165, 1.54) is 0 Å². The molecule has 0 aliphatic heterocycles. The van der Waals surface area contributed by atoms with Gasteiger partial charge in [0.25, 0.3) is 5.91 Å². The van der Waals surface area contributed by atoms with E-state index in [4.69, 9.17) is 10.5 Å². The van der Waals surface area contributed by atoms with E-state index in [1.54, 1.807) is 12.0 Å². The van der Waals surface area contributed by atoms with E-state index >= 15 is 0 Å². The van der Waals surface area contributed by atoms with E-state index in [-0.39, 0.29) is 23.2 Å². The van der Waals surface area contributed by atoms with Crippen molar-refractivity contribution in [3.63, 3.8) is 0 Å². The van der Waals surface area contributed by atoms with Gasteiger partial charge in [0.2, 0.25) is 0 Å². The molecule has 116 valence electrons. The number of amides is 1. The Morgan fingerprint density at radius 2 is 2.05 bits per heavy atom. The lowest BCUT2D eigenvalue weighted by atomic mass is 10.1. The highest BCUT2D eigenvalue weighted by molar-refractivity contribution is 5.99. The first-order valence-corrected chi connectivity index (χ1v) is 7.00. The Morgan fingerprint density at radius 3 is 2.62 bits per heavy atom. The van der Waals surface area contributed by atoms with Crippen molar-refractivity contribution >= 4 is 11.6 Å². The SMILES string of the molecule is COCCN(C(=O)c1cc(F)c(F)cc1N)C(C)C1CC1. The van der Waals surface area contributed by atoms with Gasteiger partial charge in [-0.25, -0.2) is 8.78 Å². The third kappa shape index (κ3) is 3.50. The summed E-state index contributed by atoms with van der Waals surface area (Å²) >= 11 is 0. The lowest BCUT2D eigenvalue weighted by Gasteiger charge is -2.29. The van der Waals surface area contributed by atoms with Crippen LogP contribution in [0.5, 0.6) is 0 Å². The highest BCUT2D eigenvalue weighted by Crippen LogP contribution is 2.36. The molecule has 1 aromatic rings. The van der Waals surface area contributed by atoms with Gasteiger partial charge in [-0.15, -0.1) is 0 Å². The summed E-state index contributed by atoms with van der Waals surface area (Å²) in [5.41, 5.74) is 5.61. The van der Waals surface area contributed by atoms with Crippen LogP contribution in [0.25, 0.3) is 0 Å². The fraction of sp³-hybridized carbons (Fsp3) is 0.533.